The van der Waals surface area contributed by atoms with Crippen molar-refractivity contribution in [2.45, 2.75) is 26.8 Å². The predicted molar refractivity (Wildman–Crippen MR) is 122 cm³/mol. The third kappa shape index (κ3) is 4.69. The van der Waals surface area contributed by atoms with Crippen molar-refractivity contribution in [3.05, 3.63) is 79.6 Å². The molecule has 1 N–H and O–H groups in total. The van der Waals surface area contributed by atoms with Gasteiger partial charge < -0.3 is 9.73 Å². The molecular weight excluding hydrogens is 423 g/mol. The van der Waals surface area contributed by atoms with Gasteiger partial charge in [0.05, 0.1) is 11.4 Å². The first-order chi connectivity index (χ1) is 14.3. The smallest absolute Gasteiger partial charge is 0.287 e. The van der Waals surface area contributed by atoms with Crippen molar-refractivity contribution in [3.8, 4) is 0 Å². The normalized spacial score (nSPS) is 12.3. The largest absolute Gasteiger partial charge is 0.451 e. The SMILES string of the molecule is CCN(CC)[C@@H](CNC(=O)c1cc(=O)c2cc(Cl)c(C)cc2o1)c1ccccc1Cl. The van der Waals surface area contributed by atoms with Crippen LogP contribution in [0.4, 0.5) is 0 Å². The first-order valence-electron chi connectivity index (χ1n) is 9.86. The zero-order valence-corrected chi connectivity index (χ0v) is 18.7. The Kier molecular flexibility index (Phi) is 7.19. The van der Waals surface area contributed by atoms with Crippen molar-refractivity contribution in [1.82, 2.24) is 10.2 Å². The lowest BCUT2D eigenvalue weighted by Crippen LogP contribution is -2.38. The maximum absolute atomic E-state index is 12.8. The first-order valence-corrected chi connectivity index (χ1v) is 10.6. The van der Waals surface area contributed by atoms with E-state index in [4.69, 9.17) is 27.6 Å². The number of hydrogen-bond donors (Lipinski definition) is 1. The van der Waals surface area contributed by atoms with Crippen molar-refractivity contribution < 1.29 is 9.21 Å². The second-order valence-electron chi connectivity index (χ2n) is 7.04. The van der Waals surface area contributed by atoms with Crippen LogP contribution in [0.2, 0.25) is 10.0 Å². The van der Waals surface area contributed by atoms with Crippen molar-refractivity contribution in [2.24, 2.45) is 0 Å². The molecule has 0 fully saturated rings. The Morgan fingerprint density at radius 3 is 2.47 bits per heavy atom. The van der Waals surface area contributed by atoms with Gasteiger partial charge in [0.25, 0.3) is 5.91 Å². The highest BCUT2D eigenvalue weighted by atomic mass is 35.5. The molecule has 3 aromatic rings. The summed E-state index contributed by atoms with van der Waals surface area (Å²) < 4.78 is 5.70. The molecule has 1 heterocycles. The van der Waals surface area contributed by atoms with Gasteiger partial charge in [0.1, 0.15) is 5.58 Å². The third-order valence-electron chi connectivity index (χ3n) is 5.21. The van der Waals surface area contributed by atoms with Crippen LogP contribution in [0.15, 0.2) is 51.7 Å². The summed E-state index contributed by atoms with van der Waals surface area (Å²) in [5, 5.41) is 4.37. The summed E-state index contributed by atoms with van der Waals surface area (Å²) in [4.78, 5) is 27.5. The number of fused-ring (bicyclic) bond motifs is 1. The molecule has 1 atom stereocenters. The number of likely N-dealkylation sites (N-methyl/N-ethyl adjacent to an activating group) is 1. The van der Waals surface area contributed by atoms with Gasteiger partial charge in [0.2, 0.25) is 0 Å². The minimum Gasteiger partial charge on any atom is -0.451 e. The quantitative estimate of drug-likeness (QED) is 0.540. The maximum atomic E-state index is 12.8. The van der Waals surface area contributed by atoms with Gasteiger partial charge in [-0.1, -0.05) is 55.2 Å². The summed E-state index contributed by atoms with van der Waals surface area (Å²) in [7, 11) is 0. The van der Waals surface area contributed by atoms with Gasteiger partial charge in [-0.2, -0.15) is 0 Å². The molecule has 2 aromatic carbocycles. The number of hydrogen-bond acceptors (Lipinski definition) is 4. The number of carbonyl (C=O) groups is 1. The second-order valence-corrected chi connectivity index (χ2v) is 7.86. The van der Waals surface area contributed by atoms with Crippen LogP contribution in [0.1, 0.15) is 41.6 Å². The monoisotopic (exact) mass is 446 g/mol. The highest BCUT2D eigenvalue weighted by molar-refractivity contribution is 6.32. The van der Waals surface area contributed by atoms with E-state index in [-0.39, 0.29) is 17.2 Å². The van der Waals surface area contributed by atoms with E-state index in [9.17, 15) is 9.59 Å². The zero-order valence-electron chi connectivity index (χ0n) is 17.2. The Bertz CT molecular complexity index is 1120. The molecular formula is C23H24Cl2N2O3. The Balaban J connectivity index is 1.87. The molecule has 0 aliphatic heterocycles. The van der Waals surface area contributed by atoms with Crippen molar-refractivity contribution in [1.29, 1.82) is 0 Å². The fraction of sp³-hybridized carbons (Fsp3) is 0.304. The summed E-state index contributed by atoms with van der Waals surface area (Å²) in [6.45, 7) is 7.86. The highest BCUT2D eigenvalue weighted by Crippen LogP contribution is 2.27. The van der Waals surface area contributed by atoms with Gasteiger partial charge in [-0.3, -0.25) is 14.5 Å². The van der Waals surface area contributed by atoms with Gasteiger partial charge in [-0.05, 0) is 49.3 Å². The number of amides is 1. The van der Waals surface area contributed by atoms with Crippen LogP contribution >= 0.6 is 23.2 Å². The summed E-state index contributed by atoms with van der Waals surface area (Å²) in [6, 6.07) is 11.9. The second kappa shape index (κ2) is 9.65. The fourth-order valence-electron chi connectivity index (χ4n) is 3.51. The van der Waals surface area contributed by atoms with Crippen LogP contribution in [0.3, 0.4) is 0 Å². The molecule has 30 heavy (non-hydrogen) atoms. The number of carbonyl (C=O) groups excluding carboxylic acids is 1. The van der Waals surface area contributed by atoms with Gasteiger partial charge in [0, 0.05) is 22.7 Å². The van der Waals surface area contributed by atoms with Crippen molar-refractivity contribution in [2.75, 3.05) is 19.6 Å². The number of aryl methyl sites for hydroxylation is 1. The third-order valence-corrected chi connectivity index (χ3v) is 5.96. The van der Waals surface area contributed by atoms with Gasteiger partial charge in [0.15, 0.2) is 11.2 Å². The average molecular weight is 447 g/mol. The molecule has 1 aromatic heterocycles. The van der Waals surface area contributed by atoms with Gasteiger partial charge in [-0.15, -0.1) is 0 Å². The molecule has 0 bridgehead atoms. The number of nitrogens with zero attached hydrogens (tertiary/aromatic N) is 1. The number of halogens is 2. The van der Waals surface area contributed by atoms with Crippen LogP contribution in [-0.2, 0) is 0 Å². The number of benzene rings is 2. The Hall–Kier alpha value is -2.34. The highest BCUT2D eigenvalue weighted by Gasteiger charge is 2.22. The van der Waals surface area contributed by atoms with Gasteiger partial charge >= 0.3 is 0 Å². The van der Waals surface area contributed by atoms with Crippen LogP contribution in [0.25, 0.3) is 11.0 Å². The molecule has 158 valence electrons. The molecule has 3 rings (SSSR count). The Labute approximate surface area is 185 Å². The van der Waals surface area contributed by atoms with Crippen molar-refractivity contribution in [3.63, 3.8) is 0 Å². The topological polar surface area (TPSA) is 62.6 Å². The predicted octanol–water partition coefficient (Wildman–Crippen LogP) is 5.22. The standard InChI is InChI=1S/C23H24Cl2N2O3/c1-4-27(5-2)19(15-8-6-7-9-17(15)24)13-26-23(29)22-12-20(28)16-11-18(25)14(3)10-21(16)30-22/h6-12,19H,4-5,13H2,1-3H3,(H,26,29)/t19-/m0/s1. The molecule has 0 radical (unpaired) electrons. The Morgan fingerprint density at radius 2 is 1.80 bits per heavy atom. The molecule has 0 saturated heterocycles. The molecule has 1 amide bonds. The fourth-order valence-corrected chi connectivity index (χ4v) is 3.94. The summed E-state index contributed by atoms with van der Waals surface area (Å²) in [5.41, 5.74) is 1.73. The molecule has 0 aliphatic rings. The van der Waals surface area contributed by atoms with E-state index in [1.165, 1.54) is 6.07 Å². The van der Waals surface area contributed by atoms with E-state index in [2.05, 4.69) is 24.1 Å². The summed E-state index contributed by atoms with van der Waals surface area (Å²) in [5.74, 6) is -0.488. The number of nitrogens with one attached hydrogen (secondary N) is 1. The molecule has 0 spiro atoms. The minimum absolute atomic E-state index is 0.0355. The van der Waals surface area contributed by atoms with Crippen LogP contribution in [0.5, 0.6) is 0 Å². The molecule has 7 heteroatoms. The minimum atomic E-state index is -0.453. The molecule has 0 saturated carbocycles. The maximum Gasteiger partial charge on any atom is 0.287 e. The van der Waals surface area contributed by atoms with E-state index in [1.807, 2.05) is 31.2 Å². The molecule has 0 unspecified atom stereocenters. The lowest BCUT2D eigenvalue weighted by atomic mass is 10.0. The average Bonchev–Trinajstić information content (AvgIpc) is 2.73. The zero-order chi connectivity index (χ0) is 21.8. The van der Waals surface area contributed by atoms with E-state index in [0.29, 0.717) is 27.6 Å². The van der Waals surface area contributed by atoms with Crippen molar-refractivity contribution >= 4 is 40.1 Å². The summed E-state index contributed by atoms with van der Waals surface area (Å²) >= 11 is 12.5. The van der Waals surface area contributed by atoms with E-state index >= 15 is 0 Å². The lowest BCUT2D eigenvalue weighted by Gasteiger charge is -2.30. The van der Waals surface area contributed by atoms with Crippen LogP contribution < -0.4 is 10.7 Å². The lowest BCUT2D eigenvalue weighted by molar-refractivity contribution is 0.0908. The van der Waals surface area contributed by atoms with E-state index in [1.54, 1.807) is 12.1 Å². The van der Waals surface area contributed by atoms with Crippen LogP contribution in [-0.4, -0.2) is 30.4 Å². The Morgan fingerprint density at radius 1 is 1.10 bits per heavy atom. The van der Waals surface area contributed by atoms with E-state index in [0.717, 1.165) is 24.2 Å². The first kappa shape index (κ1) is 22.3. The molecule has 5 nitrogen and oxygen atoms in total. The van der Waals surface area contributed by atoms with E-state index < -0.39 is 5.91 Å². The molecule has 0 aliphatic carbocycles. The summed E-state index contributed by atoms with van der Waals surface area (Å²) in [6.07, 6.45) is 0. The van der Waals surface area contributed by atoms with Crippen LogP contribution in [0, 0.1) is 6.92 Å². The van der Waals surface area contributed by atoms with Gasteiger partial charge in [-0.25, -0.2) is 0 Å². The number of rotatable bonds is 7.